The Hall–Kier alpha value is 0.270. The lowest BCUT2D eigenvalue weighted by Crippen LogP contribution is -2.24. The van der Waals surface area contributed by atoms with Gasteiger partial charge in [0.05, 0.1) is 6.10 Å². The summed E-state index contributed by atoms with van der Waals surface area (Å²) >= 11 is 2.01. The van der Waals surface area contributed by atoms with E-state index in [4.69, 9.17) is 10.5 Å². The number of ether oxygens (including phenoxy) is 1. The van der Waals surface area contributed by atoms with Crippen molar-refractivity contribution in [3.63, 3.8) is 0 Å². The van der Waals surface area contributed by atoms with Gasteiger partial charge in [-0.15, -0.1) is 0 Å². The third-order valence-corrected chi connectivity index (χ3v) is 4.82. The smallest absolute Gasteiger partial charge is 0.0576 e. The molecule has 3 heteroatoms. The number of thioether (sulfide) groups is 1. The van der Waals surface area contributed by atoms with Crippen molar-refractivity contribution >= 4 is 11.8 Å². The van der Waals surface area contributed by atoms with Gasteiger partial charge in [-0.2, -0.15) is 11.8 Å². The van der Waals surface area contributed by atoms with E-state index in [9.17, 15) is 0 Å². The lowest BCUT2D eigenvalue weighted by molar-refractivity contribution is 0.102. The normalized spacial score (nSPS) is 24.6. The molecule has 96 valence electrons. The standard InChI is InChI=1S/C13H27NOS/c1-3-11(2)16-10-12(14)6-4-7-13-8-5-9-15-13/h11-13H,3-10,14H2,1-2H3. The lowest BCUT2D eigenvalue weighted by atomic mass is 10.1. The zero-order valence-corrected chi connectivity index (χ0v) is 11.6. The fourth-order valence-corrected chi connectivity index (χ4v) is 2.95. The van der Waals surface area contributed by atoms with Crippen LogP contribution in [0, 0.1) is 0 Å². The molecule has 0 aliphatic carbocycles. The maximum absolute atomic E-state index is 6.10. The van der Waals surface area contributed by atoms with Crippen LogP contribution in [0.25, 0.3) is 0 Å². The summed E-state index contributed by atoms with van der Waals surface area (Å²) in [7, 11) is 0. The maximum atomic E-state index is 6.10. The average molecular weight is 245 g/mol. The van der Waals surface area contributed by atoms with Crippen LogP contribution in [-0.4, -0.2) is 29.8 Å². The Kier molecular flexibility index (Phi) is 7.50. The second kappa shape index (κ2) is 8.37. The van der Waals surface area contributed by atoms with E-state index >= 15 is 0 Å². The summed E-state index contributed by atoms with van der Waals surface area (Å²) in [6.45, 7) is 5.49. The highest BCUT2D eigenvalue weighted by Gasteiger charge is 2.15. The zero-order valence-electron chi connectivity index (χ0n) is 10.8. The second-order valence-corrected chi connectivity index (χ2v) is 6.35. The van der Waals surface area contributed by atoms with Gasteiger partial charge in [-0.3, -0.25) is 0 Å². The van der Waals surface area contributed by atoms with Crippen molar-refractivity contribution in [3.05, 3.63) is 0 Å². The molecule has 16 heavy (non-hydrogen) atoms. The van der Waals surface area contributed by atoms with Gasteiger partial charge in [-0.25, -0.2) is 0 Å². The van der Waals surface area contributed by atoms with Crippen LogP contribution in [0.15, 0.2) is 0 Å². The van der Waals surface area contributed by atoms with Crippen molar-refractivity contribution in [1.29, 1.82) is 0 Å². The Morgan fingerprint density at radius 2 is 2.31 bits per heavy atom. The first-order chi connectivity index (χ1) is 7.72. The molecule has 0 aromatic carbocycles. The summed E-state index contributed by atoms with van der Waals surface area (Å²) in [6.07, 6.45) is 7.89. The molecule has 0 saturated carbocycles. The molecule has 1 fully saturated rings. The van der Waals surface area contributed by atoms with Crippen LogP contribution in [-0.2, 0) is 4.74 Å². The molecule has 1 aliphatic rings. The molecule has 3 atom stereocenters. The Bertz CT molecular complexity index is 171. The quantitative estimate of drug-likeness (QED) is 0.713. The minimum absolute atomic E-state index is 0.375. The zero-order chi connectivity index (χ0) is 11.8. The molecule has 2 N–H and O–H groups in total. The van der Waals surface area contributed by atoms with Gasteiger partial charge in [-0.05, 0) is 38.5 Å². The molecule has 0 aromatic rings. The Balaban J connectivity index is 1.94. The maximum Gasteiger partial charge on any atom is 0.0576 e. The fraction of sp³-hybridized carbons (Fsp3) is 1.00. The predicted octanol–water partition coefficient (Wildman–Crippen LogP) is 3.19. The largest absolute Gasteiger partial charge is 0.378 e. The van der Waals surface area contributed by atoms with Gasteiger partial charge < -0.3 is 10.5 Å². The monoisotopic (exact) mass is 245 g/mol. The SMILES string of the molecule is CCC(C)SCC(N)CCCC1CCCO1. The Labute approximate surface area is 105 Å². The summed E-state index contributed by atoms with van der Waals surface area (Å²) in [4.78, 5) is 0. The minimum atomic E-state index is 0.375. The van der Waals surface area contributed by atoms with Crippen molar-refractivity contribution in [2.24, 2.45) is 5.73 Å². The summed E-state index contributed by atoms with van der Waals surface area (Å²) in [5, 5.41) is 0.754. The molecule has 2 nitrogen and oxygen atoms in total. The summed E-state index contributed by atoms with van der Waals surface area (Å²) in [5.74, 6) is 1.11. The molecule has 0 amide bonds. The van der Waals surface area contributed by atoms with Gasteiger partial charge in [0.2, 0.25) is 0 Å². The third-order valence-electron chi connectivity index (χ3n) is 3.29. The molecule has 3 unspecified atom stereocenters. The van der Waals surface area contributed by atoms with E-state index in [1.807, 2.05) is 11.8 Å². The Morgan fingerprint density at radius 3 is 2.94 bits per heavy atom. The first kappa shape index (κ1) is 14.3. The van der Waals surface area contributed by atoms with Gasteiger partial charge in [0.15, 0.2) is 0 Å². The van der Waals surface area contributed by atoms with Crippen molar-refractivity contribution in [2.75, 3.05) is 12.4 Å². The van der Waals surface area contributed by atoms with E-state index in [-0.39, 0.29) is 0 Å². The highest BCUT2D eigenvalue weighted by Crippen LogP contribution is 2.19. The molecule has 0 bridgehead atoms. The van der Waals surface area contributed by atoms with Gasteiger partial charge in [-0.1, -0.05) is 13.8 Å². The van der Waals surface area contributed by atoms with Crippen LogP contribution in [0.2, 0.25) is 0 Å². The molecule has 0 radical (unpaired) electrons. The van der Waals surface area contributed by atoms with Crippen molar-refractivity contribution in [3.8, 4) is 0 Å². The summed E-state index contributed by atoms with van der Waals surface area (Å²) in [6, 6.07) is 0.375. The van der Waals surface area contributed by atoms with Gasteiger partial charge >= 0.3 is 0 Å². The predicted molar refractivity (Wildman–Crippen MR) is 73.0 cm³/mol. The highest BCUT2D eigenvalue weighted by atomic mass is 32.2. The molecule has 1 heterocycles. The van der Waals surface area contributed by atoms with E-state index < -0.39 is 0 Å². The van der Waals surface area contributed by atoms with Crippen LogP contribution < -0.4 is 5.73 Å². The van der Waals surface area contributed by atoms with Crippen molar-refractivity contribution in [1.82, 2.24) is 0 Å². The van der Waals surface area contributed by atoms with E-state index in [1.54, 1.807) is 0 Å². The van der Waals surface area contributed by atoms with Crippen LogP contribution in [0.3, 0.4) is 0 Å². The van der Waals surface area contributed by atoms with Crippen molar-refractivity contribution in [2.45, 2.75) is 69.8 Å². The summed E-state index contributed by atoms with van der Waals surface area (Å²) < 4.78 is 5.60. The molecular formula is C13H27NOS. The van der Waals surface area contributed by atoms with Crippen molar-refractivity contribution < 1.29 is 4.74 Å². The molecule has 1 saturated heterocycles. The van der Waals surface area contributed by atoms with E-state index in [2.05, 4.69) is 13.8 Å². The topological polar surface area (TPSA) is 35.2 Å². The highest BCUT2D eigenvalue weighted by molar-refractivity contribution is 7.99. The first-order valence-electron chi connectivity index (χ1n) is 6.71. The van der Waals surface area contributed by atoms with Crippen LogP contribution in [0.5, 0.6) is 0 Å². The molecule has 1 rings (SSSR count). The van der Waals surface area contributed by atoms with E-state index in [0.717, 1.165) is 24.0 Å². The fourth-order valence-electron chi connectivity index (χ4n) is 1.97. The van der Waals surface area contributed by atoms with E-state index in [1.165, 1.54) is 32.1 Å². The van der Waals surface area contributed by atoms with Crippen LogP contribution in [0.4, 0.5) is 0 Å². The number of nitrogens with two attached hydrogens (primary N) is 1. The summed E-state index contributed by atoms with van der Waals surface area (Å²) in [5.41, 5.74) is 6.10. The first-order valence-corrected chi connectivity index (χ1v) is 7.76. The van der Waals surface area contributed by atoms with Gasteiger partial charge in [0.25, 0.3) is 0 Å². The lowest BCUT2D eigenvalue weighted by Gasteiger charge is -2.15. The molecule has 0 spiro atoms. The third kappa shape index (κ3) is 6.12. The van der Waals surface area contributed by atoms with Gasteiger partial charge in [0.1, 0.15) is 0 Å². The van der Waals surface area contributed by atoms with Crippen LogP contribution in [0.1, 0.15) is 52.4 Å². The Morgan fingerprint density at radius 1 is 1.50 bits per heavy atom. The molecule has 0 aromatic heterocycles. The number of rotatable bonds is 8. The molecule has 1 aliphatic heterocycles. The minimum Gasteiger partial charge on any atom is -0.378 e. The average Bonchev–Trinajstić information content (AvgIpc) is 2.79. The molecular weight excluding hydrogens is 218 g/mol. The van der Waals surface area contributed by atoms with E-state index in [0.29, 0.717) is 12.1 Å². The van der Waals surface area contributed by atoms with Crippen LogP contribution >= 0.6 is 11.8 Å². The second-order valence-electron chi connectivity index (χ2n) is 4.88. The number of hydrogen-bond donors (Lipinski definition) is 1. The number of hydrogen-bond acceptors (Lipinski definition) is 3. The van der Waals surface area contributed by atoms with Gasteiger partial charge in [0, 0.05) is 23.7 Å².